The van der Waals surface area contributed by atoms with Crippen molar-refractivity contribution < 1.29 is 17.2 Å². The SMILES string of the molecule is CN(C)C(CNc1ccccc1S(=O)(=O)C(F)F)c1cnn(C)c1. The number of aryl methyl sites for hydroxylation is 1. The van der Waals surface area contributed by atoms with Gasteiger partial charge in [-0.15, -0.1) is 0 Å². The molecule has 0 bridgehead atoms. The molecule has 1 aromatic heterocycles. The molecule has 1 atom stereocenters. The summed E-state index contributed by atoms with van der Waals surface area (Å²) in [6.45, 7) is 0.342. The molecule has 0 fully saturated rings. The fourth-order valence-corrected chi connectivity index (χ4v) is 3.28. The lowest BCUT2D eigenvalue weighted by Crippen LogP contribution is -2.27. The zero-order chi connectivity index (χ0) is 17.9. The van der Waals surface area contributed by atoms with Gasteiger partial charge in [0, 0.05) is 25.4 Å². The van der Waals surface area contributed by atoms with Crippen LogP contribution in [0.3, 0.4) is 0 Å². The highest BCUT2D eigenvalue weighted by atomic mass is 32.2. The first-order valence-electron chi connectivity index (χ1n) is 7.23. The van der Waals surface area contributed by atoms with E-state index < -0.39 is 20.5 Å². The van der Waals surface area contributed by atoms with Gasteiger partial charge in [-0.1, -0.05) is 12.1 Å². The molecule has 1 N–H and O–H groups in total. The molecule has 1 aromatic carbocycles. The number of para-hydroxylation sites is 1. The molecule has 0 saturated carbocycles. The summed E-state index contributed by atoms with van der Waals surface area (Å²) in [6, 6.07) is 5.58. The minimum absolute atomic E-state index is 0.0963. The third kappa shape index (κ3) is 3.90. The van der Waals surface area contributed by atoms with Crippen LogP contribution in [0.15, 0.2) is 41.6 Å². The maximum Gasteiger partial charge on any atom is 0.341 e. The number of nitrogens with zero attached hydrogens (tertiary/aromatic N) is 3. The Morgan fingerprint density at radius 3 is 2.50 bits per heavy atom. The zero-order valence-electron chi connectivity index (χ0n) is 13.6. The predicted octanol–water partition coefficient (Wildman–Crippen LogP) is 2.13. The molecular weight excluding hydrogens is 338 g/mol. The first-order valence-corrected chi connectivity index (χ1v) is 8.78. The molecule has 2 rings (SSSR count). The Morgan fingerprint density at radius 1 is 1.29 bits per heavy atom. The Kier molecular flexibility index (Phi) is 5.55. The Balaban J connectivity index is 2.25. The second-order valence-electron chi connectivity index (χ2n) is 5.61. The normalized spacial score (nSPS) is 13.5. The summed E-state index contributed by atoms with van der Waals surface area (Å²) in [5, 5.41) is 7.09. The lowest BCUT2D eigenvalue weighted by atomic mass is 10.1. The van der Waals surface area contributed by atoms with Crippen LogP contribution >= 0.6 is 0 Å². The van der Waals surface area contributed by atoms with Gasteiger partial charge in [-0.05, 0) is 26.2 Å². The number of sulfone groups is 1. The third-order valence-corrected chi connectivity index (χ3v) is 5.09. The maximum absolute atomic E-state index is 12.8. The highest BCUT2D eigenvalue weighted by Gasteiger charge is 2.29. The highest BCUT2D eigenvalue weighted by Crippen LogP contribution is 2.27. The quantitative estimate of drug-likeness (QED) is 0.821. The second-order valence-corrected chi connectivity index (χ2v) is 7.50. The number of alkyl halides is 2. The van der Waals surface area contributed by atoms with Gasteiger partial charge in [0.05, 0.1) is 22.8 Å². The Labute approximate surface area is 140 Å². The summed E-state index contributed by atoms with van der Waals surface area (Å²) in [7, 11) is 0.890. The molecule has 0 aliphatic carbocycles. The van der Waals surface area contributed by atoms with Crippen molar-refractivity contribution in [3.8, 4) is 0 Å². The van der Waals surface area contributed by atoms with Gasteiger partial charge in [-0.25, -0.2) is 8.42 Å². The summed E-state index contributed by atoms with van der Waals surface area (Å²) < 4.78 is 50.9. The average molecular weight is 358 g/mol. The number of anilines is 1. The van der Waals surface area contributed by atoms with E-state index >= 15 is 0 Å². The van der Waals surface area contributed by atoms with Crippen molar-refractivity contribution in [2.75, 3.05) is 26.0 Å². The van der Waals surface area contributed by atoms with Crippen LogP contribution in [-0.4, -0.2) is 49.5 Å². The molecule has 132 valence electrons. The van der Waals surface area contributed by atoms with Gasteiger partial charge in [0.2, 0.25) is 9.84 Å². The van der Waals surface area contributed by atoms with Crippen LogP contribution in [0.4, 0.5) is 14.5 Å². The van der Waals surface area contributed by atoms with E-state index in [0.717, 1.165) is 5.56 Å². The molecule has 24 heavy (non-hydrogen) atoms. The van der Waals surface area contributed by atoms with Gasteiger partial charge < -0.3 is 10.2 Å². The minimum atomic E-state index is -4.66. The van der Waals surface area contributed by atoms with Crippen LogP contribution in [0.25, 0.3) is 0 Å². The van der Waals surface area contributed by atoms with Crippen molar-refractivity contribution >= 4 is 15.5 Å². The van der Waals surface area contributed by atoms with E-state index in [0.29, 0.717) is 6.54 Å². The Bertz CT molecular complexity index is 790. The first-order chi connectivity index (χ1) is 11.2. The Hall–Kier alpha value is -2.00. The maximum atomic E-state index is 12.8. The fraction of sp³-hybridized carbons (Fsp3) is 0.400. The van der Waals surface area contributed by atoms with Crippen LogP contribution in [-0.2, 0) is 16.9 Å². The summed E-state index contributed by atoms with van der Waals surface area (Å²) in [5.41, 5.74) is 1.10. The van der Waals surface area contributed by atoms with Crippen molar-refractivity contribution in [1.82, 2.24) is 14.7 Å². The molecule has 0 aliphatic heterocycles. The summed E-state index contributed by atoms with van der Waals surface area (Å²) in [6.07, 6.45) is 3.57. The van der Waals surface area contributed by atoms with E-state index in [1.165, 1.54) is 18.2 Å². The number of rotatable bonds is 7. The number of hydrogen-bond acceptors (Lipinski definition) is 5. The number of likely N-dealkylation sites (N-methyl/N-ethyl adjacent to an activating group) is 1. The molecule has 1 heterocycles. The zero-order valence-corrected chi connectivity index (χ0v) is 14.5. The van der Waals surface area contributed by atoms with Crippen molar-refractivity contribution in [2.24, 2.45) is 7.05 Å². The largest absolute Gasteiger partial charge is 0.382 e. The molecule has 0 aliphatic rings. The molecule has 0 spiro atoms. The second kappa shape index (κ2) is 7.27. The molecule has 6 nitrogen and oxygen atoms in total. The predicted molar refractivity (Wildman–Crippen MR) is 87.8 cm³/mol. The molecular formula is C15H20F2N4O2S. The van der Waals surface area contributed by atoms with Gasteiger partial charge in [0.1, 0.15) is 0 Å². The smallest absolute Gasteiger partial charge is 0.341 e. The van der Waals surface area contributed by atoms with E-state index in [1.54, 1.807) is 24.0 Å². The number of aromatic nitrogens is 2. The minimum Gasteiger partial charge on any atom is -0.382 e. The summed E-state index contributed by atoms with van der Waals surface area (Å²) in [5.74, 6) is -3.46. The molecule has 9 heteroatoms. The topological polar surface area (TPSA) is 67.2 Å². The van der Waals surface area contributed by atoms with Crippen LogP contribution in [0.1, 0.15) is 11.6 Å². The van der Waals surface area contributed by atoms with Crippen LogP contribution in [0.2, 0.25) is 0 Å². The van der Waals surface area contributed by atoms with Crippen LogP contribution < -0.4 is 5.32 Å². The van der Waals surface area contributed by atoms with Crippen molar-refractivity contribution in [3.05, 3.63) is 42.2 Å². The molecule has 1 unspecified atom stereocenters. The van der Waals surface area contributed by atoms with E-state index in [9.17, 15) is 17.2 Å². The lowest BCUT2D eigenvalue weighted by molar-refractivity contribution is 0.235. The van der Waals surface area contributed by atoms with Crippen molar-refractivity contribution in [1.29, 1.82) is 0 Å². The van der Waals surface area contributed by atoms with Gasteiger partial charge in [-0.2, -0.15) is 13.9 Å². The molecule has 0 radical (unpaired) electrons. The highest BCUT2D eigenvalue weighted by molar-refractivity contribution is 7.91. The number of hydrogen-bond donors (Lipinski definition) is 1. The summed E-state index contributed by atoms with van der Waals surface area (Å²) >= 11 is 0. The molecule has 0 saturated heterocycles. The van der Waals surface area contributed by atoms with Gasteiger partial charge in [0.15, 0.2) is 0 Å². The van der Waals surface area contributed by atoms with E-state index in [-0.39, 0.29) is 11.7 Å². The van der Waals surface area contributed by atoms with Crippen LogP contribution in [0, 0.1) is 0 Å². The molecule has 0 amide bonds. The Morgan fingerprint density at radius 2 is 1.96 bits per heavy atom. The van der Waals surface area contributed by atoms with Crippen molar-refractivity contribution in [3.63, 3.8) is 0 Å². The van der Waals surface area contributed by atoms with E-state index in [2.05, 4.69) is 10.4 Å². The number of nitrogens with one attached hydrogen (secondary N) is 1. The van der Waals surface area contributed by atoms with Crippen molar-refractivity contribution in [2.45, 2.75) is 16.7 Å². The monoisotopic (exact) mass is 358 g/mol. The lowest BCUT2D eigenvalue weighted by Gasteiger charge is -2.24. The third-order valence-electron chi connectivity index (χ3n) is 3.65. The number of benzene rings is 1. The van der Waals surface area contributed by atoms with Gasteiger partial charge in [-0.3, -0.25) is 4.68 Å². The van der Waals surface area contributed by atoms with E-state index in [4.69, 9.17) is 0 Å². The standard InChI is InChI=1S/C15H20F2N4O2S/c1-20(2)13(11-8-19-21(3)10-11)9-18-12-6-4-5-7-14(12)24(22,23)15(16)17/h4-8,10,13,15,18H,9H2,1-3H3. The fourth-order valence-electron chi connectivity index (χ4n) is 2.37. The van der Waals surface area contributed by atoms with E-state index in [1.807, 2.05) is 25.2 Å². The van der Waals surface area contributed by atoms with Gasteiger partial charge >= 0.3 is 5.76 Å². The average Bonchev–Trinajstić information content (AvgIpc) is 2.93. The first kappa shape index (κ1) is 18.3. The number of halogens is 2. The van der Waals surface area contributed by atoms with Crippen LogP contribution in [0.5, 0.6) is 0 Å². The molecule has 2 aromatic rings. The summed E-state index contributed by atoms with van der Waals surface area (Å²) in [4.78, 5) is 1.54. The van der Waals surface area contributed by atoms with Gasteiger partial charge in [0.25, 0.3) is 0 Å².